The van der Waals surface area contributed by atoms with Crippen LogP contribution in [0.15, 0.2) is 21.5 Å². The third-order valence-electron chi connectivity index (χ3n) is 1.52. The van der Waals surface area contributed by atoms with E-state index in [-0.39, 0.29) is 4.47 Å². The molecule has 0 fully saturated rings. The highest BCUT2D eigenvalue weighted by Crippen LogP contribution is 2.38. The highest BCUT2D eigenvalue weighted by molar-refractivity contribution is 9.10. The molecular weight excluding hydrogens is 350 g/mol. The van der Waals surface area contributed by atoms with E-state index in [1.165, 1.54) is 0 Å². The van der Waals surface area contributed by atoms with Crippen LogP contribution >= 0.6 is 26.6 Å². The molecule has 0 bridgehead atoms. The molecule has 17 heavy (non-hydrogen) atoms. The Morgan fingerprint density at radius 1 is 1.35 bits per heavy atom. The van der Waals surface area contributed by atoms with Gasteiger partial charge in [0.2, 0.25) is 0 Å². The first kappa shape index (κ1) is 14.4. The topological polar surface area (TPSA) is 69.4 Å². The molecule has 1 rings (SSSR count). The molecule has 10 heteroatoms. The zero-order valence-corrected chi connectivity index (χ0v) is 10.9. The standard InChI is InChI=1S/C7H4BrClF3NO3S/c8-3-1-4(13)6(17(9,14)15)5(2-3)16-7(10,11)12/h1-2H,13H2. The summed E-state index contributed by atoms with van der Waals surface area (Å²) < 4.78 is 62.0. The molecule has 0 unspecified atom stereocenters. The van der Waals surface area contributed by atoms with E-state index in [2.05, 4.69) is 20.7 Å². The number of rotatable bonds is 2. The maximum absolute atomic E-state index is 12.1. The van der Waals surface area contributed by atoms with Gasteiger partial charge in [0.15, 0.2) is 5.75 Å². The lowest BCUT2D eigenvalue weighted by Crippen LogP contribution is -2.19. The van der Waals surface area contributed by atoms with Gasteiger partial charge in [0.05, 0.1) is 5.69 Å². The zero-order valence-electron chi connectivity index (χ0n) is 7.75. The minimum absolute atomic E-state index is 0.123. The molecule has 1 aromatic rings. The number of hydrogen-bond acceptors (Lipinski definition) is 4. The van der Waals surface area contributed by atoms with E-state index in [0.717, 1.165) is 12.1 Å². The van der Waals surface area contributed by atoms with Gasteiger partial charge in [-0.25, -0.2) is 8.42 Å². The minimum atomic E-state index is -5.05. The number of halogens is 5. The Morgan fingerprint density at radius 2 is 1.88 bits per heavy atom. The number of anilines is 1. The van der Waals surface area contributed by atoms with Crippen molar-refractivity contribution >= 4 is 41.4 Å². The summed E-state index contributed by atoms with van der Waals surface area (Å²) in [5, 5.41) is 0. The summed E-state index contributed by atoms with van der Waals surface area (Å²) in [7, 11) is 0.528. The van der Waals surface area contributed by atoms with Gasteiger partial charge in [-0.3, -0.25) is 0 Å². The van der Waals surface area contributed by atoms with Gasteiger partial charge in [-0.05, 0) is 12.1 Å². The van der Waals surface area contributed by atoms with Crippen LogP contribution in [0.3, 0.4) is 0 Å². The molecule has 0 atom stereocenters. The molecule has 96 valence electrons. The second-order valence-corrected chi connectivity index (χ2v) is 6.23. The van der Waals surface area contributed by atoms with Gasteiger partial charge in [-0.2, -0.15) is 0 Å². The van der Waals surface area contributed by atoms with E-state index in [4.69, 9.17) is 16.4 Å². The van der Waals surface area contributed by atoms with Gasteiger partial charge in [0.1, 0.15) is 4.90 Å². The molecule has 1 aromatic carbocycles. The third kappa shape index (κ3) is 3.93. The van der Waals surface area contributed by atoms with Gasteiger partial charge >= 0.3 is 6.36 Å². The van der Waals surface area contributed by atoms with E-state index in [0.29, 0.717) is 0 Å². The van der Waals surface area contributed by atoms with Crippen molar-refractivity contribution in [3.05, 3.63) is 16.6 Å². The fraction of sp³-hybridized carbons (Fsp3) is 0.143. The summed E-state index contributed by atoms with van der Waals surface area (Å²) in [5.74, 6) is -0.987. The van der Waals surface area contributed by atoms with Crippen LogP contribution in [0.4, 0.5) is 18.9 Å². The second kappa shape index (κ2) is 4.54. The average molecular weight is 355 g/mol. The monoisotopic (exact) mass is 353 g/mol. The summed E-state index contributed by atoms with van der Waals surface area (Å²) in [4.78, 5) is -0.917. The lowest BCUT2D eigenvalue weighted by atomic mass is 10.3. The van der Waals surface area contributed by atoms with Crippen molar-refractivity contribution in [1.29, 1.82) is 0 Å². The Kier molecular flexibility index (Phi) is 3.84. The highest BCUT2D eigenvalue weighted by Gasteiger charge is 2.34. The molecule has 4 nitrogen and oxygen atoms in total. The number of hydrogen-bond donors (Lipinski definition) is 1. The van der Waals surface area contributed by atoms with Crippen LogP contribution in [0.25, 0.3) is 0 Å². The molecule has 0 aliphatic rings. The lowest BCUT2D eigenvalue weighted by Gasteiger charge is -2.13. The number of nitrogen functional groups attached to an aromatic ring is 1. The Balaban J connectivity index is 3.47. The van der Waals surface area contributed by atoms with E-state index in [1.54, 1.807) is 0 Å². The van der Waals surface area contributed by atoms with Gasteiger partial charge in [-0.15, -0.1) is 13.2 Å². The normalized spacial score (nSPS) is 12.5. The predicted octanol–water partition coefficient (Wildman–Crippen LogP) is 2.86. The first-order valence-corrected chi connectivity index (χ1v) is 6.90. The molecule has 0 amide bonds. The molecule has 2 N–H and O–H groups in total. The maximum Gasteiger partial charge on any atom is 0.573 e. The van der Waals surface area contributed by atoms with Crippen molar-refractivity contribution in [2.45, 2.75) is 11.3 Å². The smallest absolute Gasteiger partial charge is 0.404 e. The van der Waals surface area contributed by atoms with Crippen molar-refractivity contribution in [1.82, 2.24) is 0 Å². The SMILES string of the molecule is Nc1cc(Br)cc(OC(F)(F)F)c1S(=O)(=O)Cl. The summed E-state index contributed by atoms with van der Waals surface area (Å²) in [5.41, 5.74) is 4.84. The molecule has 0 spiro atoms. The third-order valence-corrected chi connectivity index (χ3v) is 3.36. The number of ether oxygens (including phenoxy) is 1. The van der Waals surface area contributed by atoms with E-state index in [9.17, 15) is 21.6 Å². The van der Waals surface area contributed by atoms with E-state index >= 15 is 0 Å². The largest absolute Gasteiger partial charge is 0.573 e. The van der Waals surface area contributed by atoms with Crippen LogP contribution in [0.2, 0.25) is 0 Å². The van der Waals surface area contributed by atoms with Crippen LogP contribution < -0.4 is 10.5 Å². The summed E-state index contributed by atoms with van der Waals surface area (Å²) in [6, 6.07) is 1.90. The molecule has 0 aromatic heterocycles. The fourth-order valence-electron chi connectivity index (χ4n) is 1.05. The predicted molar refractivity (Wildman–Crippen MR) is 58.3 cm³/mol. The number of alkyl halides is 3. The first-order chi connectivity index (χ1) is 7.50. The van der Waals surface area contributed by atoms with Crippen molar-refractivity contribution in [2.24, 2.45) is 0 Å². The molecule has 0 aliphatic heterocycles. The quantitative estimate of drug-likeness (QED) is 0.655. The summed E-state index contributed by atoms with van der Waals surface area (Å²) >= 11 is 2.86. The first-order valence-electron chi connectivity index (χ1n) is 3.80. The van der Waals surface area contributed by atoms with Crippen molar-refractivity contribution in [3.63, 3.8) is 0 Å². The fourth-order valence-corrected chi connectivity index (χ4v) is 2.68. The average Bonchev–Trinajstić information content (AvgIpc) is 1.94. The maximum atomic E-state index is 12.1. The van der Waals surface area contributed by atoms with Crippen molar-refractivity contribution in [3.8, 4) is 5.75 Å². The minimum Gasteiger partial charge on any atom is -0.404 e. The van der Waals surface area contributed by atoms with Crippen LogP contribution in [0, 0.1) is 0 Å². The number of nitrogens with two attached hydrogens (primary N) is 1. The molecule has 0 radical (unpaired) electrons. The second-order valence-electron chi connectivity index (χ2n) is 2.81. The van der Waals surface area contributed by atoms with Crippen molar-refractivity contribution in [2.75, 3.05) is 5.73 Å². The Hall–Kier alpha value is -0.670. The number of benzene rings is 1. The van der Waals surface area contributed by atoms with Gasteiger partial charge in [0, 0.05) is 15.2 Å². The van der Waals surface area contributed by atoms with Crippen LogP contribution in [-0.2, 0) is 9.05 Å². The molecule has 0 aliphatic carbocycles. The molecule has 0 saturated heterocycles. The van der Waals surface area contributed by atoms with Gasteiger partial charge in [-0.1, -0.05) is 15.9 Å². The molecule has 0 heterocycles. The summed E-state index contributed by atoms with van der Waals surface area (Å²) in [6.07, 6.45) is -5.05. The van der Waals surface area contributed by atoms with Crippen LogP contribution in [0.1, 0.15) is 0 Å². The van der Waals surface area contributed by atoms with E-state index in [1.807, 2.05) is 0 Å². The Morgan fingerprint density at radius 3 is 2.29 bits per heavy atom. The lowest BCUT2D eigenvalue weighted by molar-refractivity contribution is -0.275. The van der Waals surface area contributed by atoms with Crippen molar-refractivity contribution < 1.29 is 26.3 Å². The van der Waals surface area contributed by atoms with E-state index < -0.39 is 31.7 Å². The van der Waals surface area contributed by atoms with Gasteiger partial charge in [0.25, 0.3) is 9.05 Å². The Bertz CT molecular complexity index is 546. The van der Waals surface area contributed by atoms with Crippen LogP contribution in [-0.4, -0.2) is 14.8 Å². The van der Waals surface area contributed by atoms with Gasteiger partial charge < -0.3 is 10.5 Å². The highest BCUT2D eigenvalue weighted by atomic mass is 79.9. The van der Waals surface area contributed by atoms with Crippen LogP contribution in [0.5, 0.6) is 5.75 Å². The summed E-state index contributed by atoms with van der Waals surface area (Å²) in [6.45, 7) is 0. The molecule has 0 saturated carbocycles. The molecular formula is C7H4BrClF3NO3S. The Labute approximate surface area is 107 Å². The zero-order chi connectivity index (χ0) is 13.4.